The molecule has 0 bridgehead atoms. The second kappa shape index (κ2) is 19.3. The molecule has 1 amide bonds. The van der Waals surface area contributed by atoms with Crippen molar-refractivity contribution in [3.05, 3.63) is 136 Å². The average molecular weight is 974 g/mol. The summed E-state index contributed by atoms with van der Waals surface area (Å²) in [6.07, 6.45) is 9.08. The number of nitrogens with zero attached hydrogens (tertiary/aromatic N) is 3. The van der Waals surface area contributed by atoms with Gasteiger partial charge in [-0.25, -0.2) is 0 Å². The number of hydrogen-bond donors (Lipinski definition) is 1. The van der Waals surface area contributed by atoms with E-state index >= 15 is 4.79 Å². The molecular weight excluding hydrogens is 915 g/mol. The summed E-state index contributed by atoms with van der Waals surface area (Å²) in [4.78, 5) is 36.5. The number of esters is 1. The molecule has 5 aliphatic heterocycles. The van der Waals surface area contributed by atoms with Gasteiger partial charge in [-0.3, -0.25) is 14.1 Å². The van der Waals surface area contributed by atoms with E-state index < -0.39 is 15.9 Å². The van der Waals surface area contributed by atoms with Crippen LogP contribution in [-0.2, 0) is 51.8 Å². The van der Waals surface area contributed by atoms with Crippen molar-refractivity contribution in [2.75, 3.05) is 68.2 Å². The quantitative estimate of drug-likeness (QED) is 0.0680. The van der Waals surface area contributed by atoms with E-state index in [1.165, 1.54) is 58.1 Å². The number of hydrogen-bond acceptors (Lipinski definition) is 9. The van der Waals surface area contributed by atoms with E-state index in [-0.39, 0.29) is 24.1 Å². The first-order valence-corrected chi connectivity index (χ1v) is 27.6. The fraction of sp³-hybridized carbons (Fsp3) is 0.345. The Kier molecular flexibility index (Phi) is 12.7. The summed E-state index contributed by atoms with van der Waals surface area (Å²) < 4.78 is 48.1. The third kappa shape index (κ3) is 8.45. The third-order valence-corrected chi connectivity index (χ3v) is 17.1. The van der Waals surface area contributed by atoms with Gasteiger partial charge in [0.15, 0.2) is 0 Å². The third-order valence-electron chi connectivity index (χ3n) is 15.0. The summed E-state index contributed by atoms with van der Waals surface area (Å²) in [5.41, 5.74) is 17.4. The van der Waals surface area contributed by atoms with Crippen molar-refractivity contribution in [3.8, 4) is 56.0 Å². The number of methoxy groups -OCH3 is 1. The lowest BCUT2D eigenvalue weighted by Gasteiger charge is -2.43. The van der Waals surface area contributed by atoms with Crippen LogP contribution in [0.25, 0.3) is 44.5 Å². The van der Waals surface area contributed by atoms with Crippen LogP contribution in [0.15, 0.2) is 102 Å². The molecule has 1 N–H and O–H groups in total. The lowest BCUT2D eigenvalue weighted by atomic mass is 9.74. The molecule has 5 heterocycles. The van der Waals surface area contributed by atoms with Crippen molar-refractivity contribution in [1.82, 2.24) is 4.90 Å². The first-order chi connectivity index (χ1) is 34.1. The maximum atomic E-state index is 16.4. The predicted octanol–water partition coefficient (Wildman–Crippen LogP) is 11.5. The number of ether oxygens (including phenoxy) is 2. The van der Waals surface area contributed by atoms with Crippen molar-refractivity contribution in [1.29, 1.82) is 0 Å². The van der Waals surface area contributed by atoms with Crippen molar-refractivity contribution >= 4 is 45.1 Å². The maximum Gasteiger partial charge on any atom is 0.305 e. The highest BCUT2D eigenvalue weighted by atomic mass is 32.2. The summed E-state index contributed by atoms with van der Waals surface area (Å²) in [6.45, 7) is 4.30. The molecule has 360 valence electrons. The van der Waals surface area contributed by atoms with Crippen LogP contribution in [0.2, 0.25) is 0 Å². The summed E-state index contributed by atoms with van der Waals surface area (Å²) in [7, 11) is -1.13. The molecule has 11 rings (SSSR count). The standard InChI is InChI=1S/C58H59N3O7S2/c1-59(28-16-27-46(62)67-2)58(63)52-47(37-17-6-3-7-18-37)48(38-19-8-4-9-20-38)57(69-33-34-70(64,65)66)49(39-21-10-5-11-22-39)51(52)50-42-24-13-31-61-32-15-26-44(54(42)61)56-45(50)36-41-35-40-23-12-29-60-30-14-25-43(53(40)60)55(41)68-56/h3-11,17-22,35H,12-16,23-34,36H2,1-2H3,(H,64,65,66). The number of rotatable bonds is 13. The van der Waals surface area contributed by atoms with Crippen LogP contribution in [0.4, 0.5) is 11.4 Å². The van der Waals surface area contributed by atoms with Crippen LogP contribution < -0.4 is 14.5 Å². The smallest absolute Gasteiger partial charge is 0.305 e. The van der Waals surface area contributed by atoms with Crippen LogP contribution in [-0.4, -0.2) is 88.1 Å². The van der Waals surface area contributed by atoms with Gasteiger partial charge in [-0.2, -0.15) is 8.42 Å². The van der Waals surface area contributed by atoms with E-state index in [1.54, 1.807) is 4.90 Å². The van der Waals surface area contributed by atoms with Crippen molar-refractivity contribution in [3.63, 3.8) is 0 Å². The zero-order valence-electron chi connectivity index (χ0n) is 40.0. The van der Waals surface area contributed by atoms with Crippen molar-refractivity contribution < 1.29 is 32.0 Å². The molecule has 0 unspecified atom stereocenters. The Balaban J connectivity index is 1.30. The Morgan fingerprint density at radius 3 is 1.81 bits per heavy atom. The first-order valence-electron chi connectivity index (χ1n) is 25.0. The molecule has 12 heteroatoms. The van der Waals surface area contributed by atoms with Crippen LogP contribution >= 0.6 is 11.8 Å². The number of anilines is 2. The molecule has 5 aliphatic rings. The largest absolute Gasteiger partial charge is 0.469 e. The highest BCUT2D eigenvalue weighted by Crippen LogP contribution is 2.60. The molecule has 0 aliphatic carbocycles. The molecule has 70 heavy (non-hydrogen) atoms. The summed E-state index contributed by atoms with van der Waals surface area (Å²) in [5.74, 6) is 1.01. The molecule has 0 spiro atoms. The monoisotopic (exact) mass is 973 g/mol. The molecule has 0 atom stereocenters. The van der Waals surface area contributed by atoms with Gasteiger partial charge in [-0.1, -0.05) is 91.0 Å². The highest BCUT2D eigenvalue weighted by molar-refractivity contribution is 8.00. The van der Waals surface area contributed by atoms with Gasteiger partial charge in [0, 0.05) is 119 Å². The normalized spacial score (nSPS) is 15.5. The predicted molar refractivity (Wildman–Crippen MR) is 281 cm³/mol. The average Bonchev–Trinajstić information content (AvgIpc) is 3.38. The Bertz CT molecular complexity index is 3140. The lowest BCUT2D eigenvalue weighted by Crippen LogP contribution is -2.36. The van der Waals surface area contributed by atoms with E-state index in [0.717, 1.165) is 144 Å². The van der Waals surface area contributed by atoms with E-state index in [2.05, 4.69) is 52.3 Å². The van der Waals surface area contributed by atoms with E-state index in [1.807, 2.05) is 61.6 Å². The van der Waals surface area contributed by atoms with Gasteiger partial charge in [0.1, 0.15) is 11.5 Å². The summed E-state index contributed by atoms with van der Waals surface area (Å²) in [6, 6.07) is 32.8. The van der Waals surface area contributed by atoms with Gasteiger partial charge in [-0.05, 0) is 97.2 Å². The zero-order valence-corrected chi connectivity index (χ0v) is 41.7. The molecule has 0 saturated carbocycles. The lowest BCUT2D eigenvalue weighted by molar-refractivity contribution is -0.140. The number of fused-ring (bicyclic) bond motifs is 4. The molecular formula is C58H59N3O7S2. The van der Waals surface area contributed by atoms with Gasteiger partial charge in [0.25, 0.3) is 16.0 Å². The molecule has 0 saturated heterocycles. The van der Waals surface area contributed by atoms with Crippen LogP contribution in [0, 0.1) is 0 Å². The molecule has 10 nitrogen and oxygen atoms in total. The van der Waals surface area contributed by atoms with Crippen molar-refractivity contribution in [2.45, 2.75) is 75.5 Å². The van der Waals surface area contributed by atoms with Gasteiger partial charge >= 0.3 is 5.97 Å². The van der Waals surface area contributed by atoms with Gasteiger partial charge < -0.3 is 24.2 Å². The molecule has 6 aromatic rings. The minimum atomic E-state index is -4.34. The Hall–Kier alpha value is -6.08. The van der Waals surface area contributed by atoms with Gasteiger partial charge in [0.2, 0.25) is 0 Å². The van der Waals surface area contributed by atoms with Gasteiger partial charge in [-0.15, -0.1) is 11.8 Å². The Labute approximate surface area is 415 Å². The number of benzene rings is 6. The van der Waals surface area contributed by atoms with Crippen LogP contribution in [0.3, 0.4) is 0 Å². The molecule has 0 radical (unpaired) electrons. The Morgan fingerprint density at radius 1 is 0.671 bits per heavy atom. The number of carbonyl (C=O) groups excluding carboxylic acids is 2. The number of thioether (sulfide) groups is 1. The second-order valence-corrected chi connectivity index (χ2v) is 22.0. The molecule has 6 aromatic carbocycles. The number of amides is 1. The minimum Gasteiger partial charge on any atom is -0.469 e. The Morgan fingerprint density at radius 2 is 1.21 bits per heavy atom. The molecule has 0 fully saturated rings. The zero-order chi connectivity index (χ0) is 48.1. The number of carbonyl (C=O) groups is 2. The van der Waals surface area contributed by atoms with Crippen molar-refractivity contribution in [2.24, 2.45) is 0 Å². The fourth-order valence-electron chi connectivity index (χ4n) is 12.1. The second-order valence-electron chi connectivity index (χ2n) is 19.3. The SMILES string of the molecule is COC(=O)CCCN(C)C(=O)c1c(-c2ccccc2)c(-c2ccccc2)c(SCCS(=O)(=O)O)c(-c2ccccc2)c1-c1c2c(c3c4c1CCCN4CCC3)Oc1c(cc3c4c1CCCN4CCC3)C2. The fourth-order valence-corrected chi connectivity index (χ4v) is 14.2. The van der Waals surface area contributed by atoms with E-state index in [9.17, 15) is 17.8 Å². The summed E-state index contributed by atoms with van der Waals surface area (Å²) in [5, 5.41) is 0. The molecule has 0 aromatic heterocycles. The van der Waals surface area contributed by atoms with E-state index in [4.69, 9.17) is 9.47 Å². The first kappa shape index (κ1) is 46.3. The summed E-state index contributed by atoms with van der Waals surface area (Å²) >= 11 is 1.40. The maximum absolute atomic E-state index is 16.4. The van der Waals surface area contributed by atoms with Gasteiger partial charge in [0.05, 0.1) is 18.4 Å². The number of aryl methyl sites for hydroxylation is 1. The van der Waals surface area contributed by atoms with Crippen LogP contribution in [0.1, 0.15) is 82.3 Å². The van der Waals surface area contributed by atoms with Crippen LogP contribution in [0.5, 0.6) is 11.5 Å². The topological polar surface area (TPSA) is 117 Å². The highest BCUT2D eigenvalue weighted by Gasteiger charge is 2.41. The minimum absolute atomic E-state index is 0.0667. The van der Waals surface area contributed by atoms with E-state index in [0.29, 0.717) is 24.9 Å².